The first-order chi connectivity index (χ1) is 15.9. The highest BCUT2D eigenvalue weighted by atomic mass is 32.2. The maximum absolute atomic E-state index is 11.6. The van der Waals surface area contributed by atoms with Crippen molar-refractivity contribution in [1.29, 1.82) is 0 Å². The zero-order valence-electron chi connectivity index (χ0n) is 19.7. The molecular formula is C25H30N4O3S. The molecule has 0 bridgehead atoms. The first-order valence-electron chi connectivity index (χ1n) is 11.2. The average Bonchev–Trinajstić information content (AvgIpc) is 2.81. The van der Waals surface area contributed by atoms with E-state index in [1.807, 2.05) is 25.1 Å². The zero-order chi connectivity index (χ0) is 23.5. The van der Waals surface area contributed by atoms with Crippen molar-refractivity contribution in [2.45, 2.75) is 44.9 Å². The van der Waals surface area contributed by atoms with Gasteiger partial charge in [-0.15, -0.1) is 0 Å². The Kier molecular flexibility index (Phi) is 6.93. The second kappa shape index (κ2) is 9.87. The Hall–Kier alpha value is -3.00. The van der Waals surface area contributed by atoms with Gasteiger partial charge >= 0.3 is 0 Å². The topological polar surface area (TPSA) is 75.5 Å². The van der Waals surface area contributed by atoms with Gasteiger partial charge in [0.05, 0.1) is 25.2 Å². The molecule has 0 saturated heterocycles. The molecule has 33 heavy (non-hydrogen) atoms. The molecule has 0 aromatic heterocycles. The van der Waals surface area contributed by atoms with Crippen LogP contribution in [0.15, 0.2) is 46.5 Å². The Morgan fingerprint density at radius 3 is 2.67 bits per heavy atom. The van der Waals surface area contributed by atoms with Gasteiger partial charge < -0.3 is 14.4 Å². The van der Waals surface area contributed by atoms with Gasteiger partial charge in [-0.2, -0.15) is 5.10 Å². The van der Waals surface area contributed by atoms with Crippen LogP contribution in [-0.2, 0) is 6.42 Å². The van der Waals surface area contributed by atoms with Gasteiger partial charge in [0.25, 0.3) is 5.24 Å². The summed E-state index contributed by atoms with van der Waals surface area (Å²) in [4.78, 5) is 18.9. The average molecular weight is 467 g/mol. The number of amidine groups is 1. The minimum absolute atomic E-state index is 0.0151. The van der Waals surface area contributed by atoms with E-state index in [1.165, 1.54) is 17.3 Å². The third kappa shape index (κ3) is 4.85. The fourth-order valence-electron chi connectivity index (χ4n) is 4.24. The molecule has 174 valence electrons. The lowest BCUT2D eigenvalue weighted by atomic mass is 9.96. The number of benzene rings is 2. The number of rotatable bonds is 5. The molecule has 0 spiro atoms. The largest absolute Gasteiger partial charge is 0.493 e. The van der Waals surface area contributed by atoms with Crippen molar-refractivity contribution in [3.8, 4) is 11.5 Å². The van der Waals surface area contributed by atoms with Crippen LogP contribution < -0.4 is 19.8 Å². The number of hydrazone groups is 1. The van der Waals surface area contributed by atoms with E-state index >= 15 is 0 Å². The van der Waals surface area contributed by atoms with E-state index in [2.05, 4.69) is 47.5 Å². The van der Waals surface area contributed by atoms with E-state index < -0.39 is 0 Å². The van der Waals surface area contributed by atoms with Crippen LogP contribution in [0.2, 0.25) is 0 Å². The number of anilines is 1. The molecule has 4 rings (SSSR count). The number of methoxy groups -OCH3 is 2. The standard InChI is InChI=1S/C25H30N4O3S/c1-15(2)26-24(19-9-11-21(31-4)22(14-19)32-5)29-12-6-7-17-13-18(8-10-20(17)29)23-16(3)33-25(30)28-27-23/h8-11,13-16H,6-7,12H2,1-5H3,(H,28,30). The summed E-state index contributed by atoms with van der Waals surface area (Å²) in [6.07, 6.45) is 2.01. The van der Waals surface area contributed by atoms with Gasteiger partial charge in [-0.1, -0.05) is 17.8 Å². The number of amides is 1. The van der Waals surface area contributed by atoms with Gasteiger partial charge in [0.2, 0.25) is 0 Å². The molecule has 0 saturated carbocycles. The summed E-state index contributed by atoms with van der Waals surface area (Å²) < 4.78 is 11.0. The van der Waals surface area contributed by atoms with Gasteiger partial charge in [0, 0.05) is 23.8 Å². The van der Waals surface area contributed by atoms with Gasteiger partial charge in [0.15, 0.2) is 11.5 Å². The first-order valence-corrected chi connectivity index (χ1v) is 12.0. The van der Waals surface area contributed by atoms with Crippen LogP contribution in [0.5, 0.6) is 11.5 Å². The number of fused-ring (bicyclic) bond motifs is 1. The van der Waals surface area contributed by atoms with Gasteiger partial charge in [0.1, 0.15) is 5.84 Å². The van der Waals surface area contributed by atoms with Crippen molar-refractivity contribution in [2.24, 2.45) is 10.1 Å². The summed E-state index contributed by atoms with van der Waals surface area (Å²) in [5.74, 6) is 2.30. The molecule has 0 radical (unpaired) electrons. The van der Waals surface area contributed by atoms with Crippen LogP contribution in [-0.4, -0.2) is 48.8 Å². The molecule has 7 nitrogen and oxygen atoms in total. The van der Waals surface area contributed by atoms with E-state index in [-0.39, 0.29) is 16.5 Å². The molecule has 2 aromatic rings. The monoisotopic (exact) mass is 466 g/mol. The van der Waals surface area contributed by atoms with Crippen molar-refractivity contribution >= 4 is 34.2 Å². The highest BCUT2D eigenvalue weighted by molar-refractivity contribution is 8.14. The SMILES string of the molecule is COc1ccc(C(=NC(C)C)N2CCCc3cc(C4=NNC(=O)SC4C)ccc32)cc1OC. The van der Waals surface area contributed by atoms with E-state index in [1.54, 1.807) is 14.2 Å². The highest BCUT2D eigenvalue weighted by Gasteiger charge is 2.27. The lowest BCUT2D eigenvalue weighted by Crippen LogP contribution is -2.37. The lowest BCUT2D eigenvalue weighted by Gasteiger charge is -2.33. The molecule has 2 heterocycles. The summed E-state index contributed by atoms with van der Waals surface area (Å²) in [5, 5.41) is 4.22. The molecule has 1 atom stereocenters. The van der Waals surface area contributed by atoms with Gasteiger partial charge in [-0.3, -0.25) is 9.79 Å². The van der Waals surface area contributed by atoms with Crippen LogP contribution in [0.1, 0.15) is 43.9 Å². The Bertz CT molecular complexity index is 1110. The zero-order valence-corrected chi connectivity index (χ0v) is 20.5. The predicted molar refractivity (Wildman–Crippen MR) is 135 cm³/mol. The van der Waals surface area contributed by atoms with Crippen LogP contribution in [0, 0.1) is 0 Å². The Balaban J connectivity index is 1.74. The number of hydrogen-bond acceptors (Lipinski definition) is 6. The third-order valence-corrected chi connectivity index (χ3v) is 6.59. The number of thioether (sulfide) groups is 1. The summed E-state index contributed by atoms with van der Waals surface area (Å²) >= 11 is 1.27. The predicted octanol–water partition coefficient (Wildman–Crippen LogP) is 4.86. The Morgan fingerprint density at radius 2 is 1.97 bits per heavy atom. The Labute approximate surface area is 199 Å². The molecule has 1 amide bonds. The van der Waals surface area contributed by atoms with E-state index in [0.717, 1.165) is 47.7 Å². The minimum Gasteiger partial charge on any atom is -0.493 e. The van der Waals surface area contributed by atoms with Crippen molar-refractivity contribution < 1.29 is 14.3 Å². The number of carbonyl (C=O) groups is 1. The second-order valence-corrected chi connectivity index (χ2v) is 9.68. The lowest BCUT2D eigenvalue weighted by molar-refractivity contribution is 0.261. The van der Waals surface area contributed by atoms with E-state index in [9.17, 15) is 4.79 Å². The summed E-state index contributed by atoms with van der Waals surface area (Å²) in [6, 6.07) is 12.5. The molecule has 8 heteroatoms. The van der Waals surface area contributed by atoms with Crippen molar-refractivity contribution in [3.05, 3.63) is 53.1 Å². The fraction of sp³-hybridized carbons (Fsp3) is 0.400. The number of nitrogens with one attached hydrogen (secondary N) is 1. The van der Waals surface area contributed by atoms with Gasteiger partial charge in [-0.05, 0) is 75.1 Å². The quantitative estimate of drug-likeness (QED) is 0.503. The second-order valence-electron chi connectivity index (χ2n) is 8.37. The number of ether oxygens (including phenoxy) is 2. The first kappa shape index (κ1) is 23.2. The van der Waals surface area contributed by atoms with Crippen molar-refractivity contribution in [2.75, 3.05) is 25.7 Å². The molecule has 2 aliphatic heterocycles. The number of carbonyl (C=O) groups excluding carboxylic acids is 1. The van der Waals surface area contributed by atoms with E-state index in [4.69, 9.17) is 14.5 Å². The van der Waals surface area contributed by atoms with Crippen molar-refractivity contribution in [3.63, 3.8) is 0 Å². The maximum atomic E-state index is 11.6. The summed E-state index contributed by atoms with van der Waals surface area (Å²) in [5.41, 5.74) is 7.93. The summed E-state index contributed by atoms with van der Waals surface area (Å²) in [6.45, 7) is 7.07. The Morgan fingerprint density at radius 1 is 1.18 bits per heavy atom. The van der Waals surface area contributed by atoms with Crippen LogP contribution in [0.4, 0.5) is 10.5 Å². The highest BCUT2D eigenvalue weighted by Crippen LogP contribution is 2.34. The number of aryl methyl sites for hydroxylation is 1. The fourth-order valence-corrected chi connectivity index (χ4v) is 4.96. The normalized spacial score (nSPS) is 18.5. The molecule has 2 aromatic carbocycles. The van der Waals surface area contributed by atoms with E-state index in [0.29, 0.717) is 11.5 Å². The maximum Gasteiger partial charge on any atom is 0.299 e. The minimum atomic E-state index is -0.111. The van der Waals surface area contributed by atoms with Gasteiger partial charge in [-0.25, -0.2) is 5.43 Å². The van der Waals surface area contributed by atoms with Crippen LogP contribution in [0.25, 0.3) is 0 Å². The smallest absolute Gasteiger partial charge is 0.299 e. The number of nitrogens with zero attached hydrogens (tertiary/aromatic N) is 3. The molecular weight excluding hydrogens is 436 g/mol. The molecule has 1 unspecified atom stereocenters. The number of aliphatic imine (C=N–C) groups is 1. The summed E-state index contributed by atoms with van der Waals surface area (Å²) in [7, 11) is 3.29. The van der Waals surface area contributed by atoms with Crippen LogP contribution >= 0.6 is 11.8 Å². The molecule has 1 N–H and O–H groups in total. The molecule has 2 aliphatic rings. The van der Waals surface area contributed by atoms with Crippen LogP contribution in [0.3, 0.4) is 0 Å². The molecule has 0 aliphatic carbocycles. The number of hydrogen-bond donors (Lipinski definition) is 1. The third-order valence-electron chi connectivity index (χ3n) is 5.71. The van der Waals surface area contributed by atoms with Crippen molar-refractivity contribution in [1.82, 2.24) is 5.43 Å². The molecule has 0 fully saturated rings.